The van der Waals surface area contributed by atoms with Crippen LogP contribution in [0.4, 0.5) is 0 Å². The first-order valence-corrected chi connectivity index (χ1v) is 2.52. The Morgan fingerprint density at radius 3 is 1.44 bits per heavy atom. The molecule has 52 valence electrons. The molecule has 0 aliphatic carbocycles. The Kier molecular flexibility index (Phi) is 20.5. The van der Waals surface area contributed by atoms with Crippen LogP contribution >= 0.6 is 0 Å². The summed E-state index contributed by atoms with van der Waals surface area (Å²) in [5, 5.41) is 7.42. The quantitative estimate of drug-likeness (QED) is 0.321. The predicted molar refractivity (Wildman–Crippen MR) is 33.9 cm³/mol. The Morgan fingerprint density at radius 2 is 1.44 bits per heavy atom. The molecule has 0 atom stereocenters. The van der Waals surface area contributed by atoms with Crippen LogP contribution in [0.5, 0.6) is 0 Å². The standard InChI is InChI=1S/C2H4O2.Na.H2O3S.H/c1-2(3)4;;1-4(2)3;/h1H3,(H,3,4);;(H2,1,2,3);. The summed E-state index contributed by atoms with van der Waals surface area (Å²) in [7, 11) is 0. The Balaban J connectivity index is -0.0000000720. The molecule has 0 aromatic heterocycles. The number of aliphatic carboxylic acids is 1. The first kappa shape index (κ1) is 16.3. The third-order valence-corrected chi connectivity index (χ3v) is 0. The molecule has 0 aromatic rings. The maximum atomic E-state index is 9.00. The van der Waals surface area contributed by atoms with Crippen LogP contribution in [-0.4, -0.2) is 53.9 Å². The minimum absolute atomic E-state index is 0. The van der Waals surface area contributed by atoms with E-state index in [4.69, 9.17) is 23.2 Å². The van der Waals surface area contributed by atoms with Crippen LogP contribution in [0.1, 0.15) is 6.92 Å². The summed E-state index contributed by atoms with van der Waals surface area (Å²) in [5.74, 6) is -0.833. The Bertz CT molecular complexity index is 73.0. The van der Waals surface area contributed by atoms with Crippen molar-refractivity contribution in [3.05, 3.63) is 0 Å². The van der Waals surface area contributed by atoms with Gasteiger partial charge in [-0.05, 0) is 0 Å². The van der Waals surface area contributed by atoms with Gasteiger partial charge in [0.25, 0.3) is 17.3 Å². The summed E-state index contributed by atoms with van der Waals surface area (Å²) in [5.41, 5.74) is 0. The van der Waals surface area contributed by atoms with Crippen LogP contribution < -0.4 is 0 Å². The fourth-order valence-corrected chi connectivity index (χ4v) is 0. The zero-order valence-corrected chi connectivity index (χ0v) is 4.88. The first-order chi connectivity index (χ1) is 3.46. The van der Waals surface area contributed by atoms with E-state index < -0.39 is 17.3 Å². The van der Waals surface area contributed by atoms with E-state index in [0.717, 1.165) is 6.92 Å². The molecule has 0 saturated carbocycles. The van der Waals surface area contributed by atoms with Crippen LogP contribution in [0.2, 0.25) is 0 Å². The second-order valence-electron chi connectivity index (χ2n) is 0.750. The second kappa shape index (κ2) is 11.4. The number of hydrogen-bond acceptors (Lipinski definition) is 2. The van der Waals surface area contributed by atoms with E-state index in [-0.39, 0.29) is 29.6 Å². The van der Waals surface area contributed by atoms with Crippen molar-refractivity contribution >= 4 is 46.9 Å². The average molecular weight is 166 g/mol. The molecule has 3 N–H and O–H groups in total. The third-order valence-electron chi connectivity index (χ3n) is 0. The monoisotopic (exact) mass is 166 g/mol. The normalized spacial score (nSPS) is 6.67. The SMILES string of the molecule is CC(=O)O.O=S(O)O.[NaH]. The summed E-state index contributed by atoms with van der Waals surface area (Å²) in [4.78, 5) is 9.00. The summed E-state index contributed by atoms with van der Waals surface area (Å²) in [6, 6.07) is 0. The van der Waals surface area contributed by atoms with Gasteiger partial charge in [0.2, 0.25) is 0 Å². The molecule has 0 aliphatic rings. The van der Waals surface area contributed by atoms with Crippen molar-refractivity contribution in [1.29, 1.82) is 0 Å². The van der Waals surface area contributed by atoms with Crippen molar-refractivity contribution in [2.75, 3.05) is 0 Å². The molecule has 9 heavy (non-hydrogen) atoms. The van der Waals surface area contributed by atoms with Gasteiger partial charge in [-0.1, -0.05) is 0 Å². The molecular formula is C2H7NaO5S. The molecular weight excluding hydrogens is 159 g/mol. The molecule has 0 radical (unpaired) electrons. The number of carboxylic acids is 1. The van der Waals surface area contributed by atoms with E-state index in [1.54, 1.807) is 0 Å². The molecule has 0 amide bonds. The fraction of sp³-hybridized carbons (Fsp3) is 0.500. The van der Waals surface area contributed by atoms with Crippen molar-refractivity contribution < 1.29 is 23.2 Å². The Morgan fingerprint density at radius 1 is 1.44 bits per heavy atom. The van der Waals surface area contributed by atoms with Crippen LogP contribution in [-0.2, 0) is 16.2 Å². The van der Waals surface area contributed by atoms with Crippen molar-refractivity contribution in [2.24, 2.45) is 0 Å². The van der Waals surface area contributed by atoms with Crippen molar-refractivity contribution in [2.45, 2.75) is 6.92 Å². The average Bonchev–Trinajstić information content (AvgIpc) is 1.25. The Hall–Kier alpha value is 0.540. The van der Waals surface area contributed by atoms with E-state index in [9.17, 15) is 0 Å². The fourth-order valence-electron chi connectivity index (χ4n) is 0. The van der Waals surface area contributed by atoms with Gasteiger partial charge in [-0.2, -0.15) is 4.21 Å². The van der Waals surface area contributed by atoms with E-state index in [1.807, 2.05) is 0 Å². The van der Waals surface area contributed by atoms with Crippen molar-refractivity contribution in [1.82, 2.24) is 0 Å². The van der Waals surface area contributed by atoms with Gasteiger partial charge < -0.3 is 5.11 Å². The zero-order valence-electron chi connectivity index (χ0n) is 4.07. The maximum absolute atomic E-state index is 9.00. The summed E-state index contributed by atoms with van der Waals surface area (Å²) < 4.78 is 22.8. The van der Waals surface area contributed by atoms with Crippen molar-refractivity contribution in [3.8, 4) is 0 Å². The van der Waals surface area contributed by atoms with Crippen LogP contribution in [0.15, 0.2) is 0 Å². The van der Waals surface area contributed by atoms with Crippen LogP contribution in [0.25, 0.3) is 0 Å². The molecule has 0 aromatic carbocycles. The molecule has 0 spiro atoms. The third kappa shape index (κ3) is 1250. The minimum atomic E-state index is -2.61. The molecule has 0 fully saturated rings. The molecule has 0 aliphatic heterocycles. The number of carbonyl (C=O) groups is 1. The topological polar surface area (TPSA) is 94.8 Å². The van der Waals surface area contributed by atoms with Crippen LogP contribution in [0, 0.1) is 0 Å². The second-order valence-corrected chi connectivity index (χ2v) is 1.21. The predicted octanol–water partition coefficient (Wildman–Crippen LogP) is -0.877. The molecule has 0 bridgehead atoms. The van der Waals surface area contributed by atoms with Gasteiger partial charge >= 0.3 is 29.6 Å². The first-order valence-electron chi connectivity index (χ1n) is 1.46. The molecule has 0 saturated heterocycles. The van der Waals surface area contributed by atoms with E-state index in [1.165, 1.54) is 0 Å². The van der Waals surface area contributed by atoms with Gasteiger partial charge in [-0.3, -0.25) is 13.9 Å². The van der Waals surface area contributed by atoms with Gasteiger partial charge in [-0.15, -0.1) is 0 Å². The van der Waals surface area contributed by atoms with E-state index in [2.05, 4.69) is 0 Å². The number of rotatable bonds is 0. The molecule has 5 nitrogen and oxygen atoms in total. The zero-order chi connectivity index (χ0) is 7.15. The van der Waals surface area contributed by atoms with Gasteiger partial charge in [0.1, 0.15) is 0 Å². The number of carboxylic acid groups (broad SMARTS) is 1. The van der Waals surface area contributed by atoms with Gasteiger partial charge in [-0.25, -0.2) is 0 Å². The van der Waals surface area contributed by atoms with Crippen LogP contribution in [0.3, 0.4) is 0 Å². The van der Waals surface area contributed by atoms with Gasteiger partial charge in [0.05, 0.1) is 0 Å². The molecule has 0 heterocycles. The molecule has 7 heteroatoms. The number of hydrogen-bond donors (Lipinski definition) is 3. The Labute approximate surface area is 76.9 Å². The molecule has 0 rings (SSSR count). The summed E-state index contributed by atoms with van der Waals surface area (Å²) in [6.07, 6.45) is 0. The summed E-state index contributed by atoms with van der Waals surface area (Å²) >= 11 is -2.61. The van der Waals surface area contributed by atoms with Gasteiger partial charge in [0, 0.05) is 6.92 Å². The van der Waals surface area contributed by atoms with Crippen molar-refractivity contribution in [3.63, 3.8) is 0 Å². The van der Waals surface area contributed by atoms with E-state index in [0.29, 0.717) is 0 Å². The molecule has 0 unspecified atom stereocenters. The summed E-state index contributed by atoms with van der Waals surface area (Å²) in [6.45, 7) is 1.08. The van der Waals surface area contributed by atoms with Gasteiger partial charge in [0.15, 0.2) is 0 Å². The van der Waals surface area contributed by atoms with E-state index >= 15 is 0 Å².